The van der Waals surface area contributed by atoms with E-state index in [9.17, 15) is 5.11 Å². The molecule has 0 amide bonds. The Morgan fingerprint density at radius 1 is 1.42 bits per heavy atom. The molecule has 19 heavy (non-hydrogen) atoms. The Morgan fingerprint density at radius 2 is 2.11 bits per heavy atom. The first-order valence-corrected chi connectivity index (χ1v) is 8.15. The zero-order chi connectivity index (χ0) is 14.2. The number of nitrogens with zero attached hydrogens (tertiary/aromatic N) is 2. The Kier molecular flexibility index (Phi) is 4.92. The molecule has 104 valence electrons. The predicted octanol–water partition coefficient (Wildman–Crippen LogP) is 4.14. The van der Waals surface area contributed by atoms with Gasteiger partial charge in [0.1, 0.15) is 11.9 Å². The van der Waals surface area contributed by atoms with E-state index in [-0.39, 0.29) is 0 Å². The maximum absolute atomic E-state index is 10.2. The second-order valence-corrected chi connectivity index (χ2v) is 6.54. The minimum absolute atomic E-state index is 0.441. The van der Waals surface area contributed by atoms with E-state index in [4.69, 9.17) is 4.42 Å². The van der Waals surface area contributed by atoms with E-state index in [1.165, 1.54) is 0 Å². The van der Waals surface area contributed by atoms with Gasteiger partial charge >= 0.3 is 0 Å². The highest BCUT2D eigenvalue weighted by Gasteiger charge is 2.20. The van der Waals surface area contributed by atoms with E-state index < -0.39 is 6.10 Å². The third-order valence-electron chi connectivity index (χ3n) is 2.88. The molecule has 2 aromatic heterocycles. The second-order valence-electron chi connectivity index (χ2n) is 4.17. The van der Waals surface area contributed by atoms with Crippen molar-refractivity contribution in [2.45, 2.75) is 25.9 Å². The lowest BCUT2D eigenvalue weighted by atomic mass is 10.1. The highest BCUT2D eigenvalue weighted by molar-refractivity contribution is 9.13. The molecule has 1 unspecified atom stereocenters. The lowest BCUT2D eigenvalue weighted by molar-refractivity contribution is 0.146. The fraction of sp³-hybridized carbons (Fsp3) is 0.417. The van der Waals surface area contributed by atoms with Gasteiger partial charge in [-0.1, -0.05) is 6.92 Å². The average molecular weight is 457 g/mol. The Hall–Kier alpha value is -0.110. The highest BCUT2D eigenvalue weighted by atomic mass is 79.9. The number of halogens is 3. The molecule has 0 aliphatic rings. The third-order valence-corrected chi connectivity index (χ3v) is 5.51. The van der Waals surface area contributed by atoms with Crippen LogP contribution in [0.1, 0.15) is 30.2 Å². The number of aromatic nitrogens is 2. The molecule has 2 heterocycles. The Morgan fingerprint density at radius 3 is 2.58 bits per heavy atom. The van der Waals surface area contributed by atoms with Crippen molar-refractivity contribution in [1.82, 2.24) is 9.78 Å². The Balaban J connectivity index is 2.23. The molecule has 7 heteroatoms. The fourth-order valence-corrected chi connectivity index (χ4v) is 3.24. The number of hydrogen-bond donors (Lipinski definition) is 1. The first-order valence-electron chi connectivity index (χ1n) is 5.77. The van der Waals surface area contributed by atoms with Crippen LogP contribution in [-0.4, -0.2) is 14.9 Å². The van der Waals surface area contributed by atoms with Gasteiger partial charge in [-0.15, -0.1) is 0 Å². The summed E-state index contributed by atoms with van der Waals surface area (Å²) in [5.41, 5.74) is 1.94. The van der Waals surface area contributed by atoms with Gasteiger partial charge in [0.05, 0.1) is 20.3 Å². The van der Waals surface area contributed by atoms with Gasteiger partial charge in [0.15, 0.2) is 4.67 Å². The number of aliphatic hydroxyl groups excluding tert-OH is 1. The monoisotopic (exact) mass is 454 g/mol. The van der Waals surface area contributed by atoms with Crippen LogP contribution >= 0.6 is 47.8 Å². The second kappa shape index (κ2) is 6.11. The summed E-state index contributed by atoms with van der Waals surface area (Å²) in [6.45, 7) is 2.05. The summed E-state index contributed by atoms with van der Waals surface area (Å²) in [5, 5.41) is 14.7. The normalized spacial score (nSPS) is 12.9. The van der Waals surface area contributed by atoms with Crippen LogP contribution in [0.5, 0.6) is 0 Å². The molecular weight excluding hydrogens is 444 g/mol. The van der Waals surface area contributed by atoms with Crippen molar-refractivity contribution in [2.24, 2.45) is 7.05 Å². The maximum atomic E-state index is 10.2. The van der Waals surface area contributed by atoms with Gasteiger partial charge in [-0.05, 0) is 60.3 Å². The van der Waals surface area contributed by atoms with Crippen LogP contribution in [0.3, 0.4) is 0 Å². The van der Waals surface area contributed by atoms with E-state index in [1.807, 2.05) is 14.0 Å². The van der Waals surface area contributed by atoms with E-state index in [0.717, 1.165) is 26.8 Å². The summed E-state index contributed by atoms with van der Waals surface area (Å²) in [7, 11) is 1.87. The van der Waals surface area contributed by atoms with Crippen molar-refractivity contribution in [1.29, 1.82) is 0 Å². The fourth-order valence-electron chi connectivity index (χ4n) is 1.85. The lowest BCUT2D eigenvalue weighted by Crippen LogP contribution is -2.06. The zero-order valence-electron chi connectivity index (χ0n) is 10.5. The van der Waals surface area contributed by atoms with Crippen molar-refractivity contribution in [3.05, 3.63) is 36.8 Å². The van der Waals surface area contributed by atoms with Gasteiger partial charge in [0, 0.05) is 13.5 Å². The van der Waals surface area contributed by atoms with Crippen molar-refractivity contribution in [3.63, 3.8) is 0 Å². The smallest absolute Gasteiger partial charge is 0.183 e. The molecule has 1 N–H and O–H groups in total. The number of aliphatic hydroxyl groups is 1. The van der Waals surface area contributed by atoms with Crippen LogP contribution < -0.4 is 0 Å². The molecule has 0 aliphatic heterocycles. The van der Waals surface area contributed by atoms with Gasteiger partial charge in [0.25, 0.3) is 0 Å². The Bertz CT molecular complexity index is 573. The predicted molar refractivity (Wildman–Crippen MR) is 83.1 cm³/mol. The first-order chi connectivity index (χ1) is 8.93. The molecule has 0 bridgehead atoms. The standard InChI is InChI=1S/C12H13Br3N2O2/c1-3-7-11(14)8(17(2)16-7)5-9(18)10-4-6(13)12(15)19-10/h4,9,18H,3,5H2,1-2H3. The number of hydrogen-bond acceptors (Lipinski definition) is 3. The van der Waals surface area contributed by atoms with E-state index in [1.54, 1.807) is 10.7 Å². The maximum Gasteiger partial charge on any atom is 0.183 e. The number of rotatable bonds is 4. The molecule has 1 atom stereocenters. The van der Waals surface area contributed by atoms with E-state index >= 15 is 0 Å². The molecule has 0 radical (unpaired) electrons. The van der Waals surface area contributed by atoms with Crippen molar-refractivity contribution < 1.29 is 9.52 Å². The van der Waals surface area contributed by atoms with Crippen LogP contribution in [-0.2, 0) is 19.9 Å². The van der Waals surface area contributed by atoms with Crippen molar-refractivity contribution >= 4 is 47.8 Å². The molecule has 0 saturated carbocycles. The van der Waals surface area contributed by atoms with Gasteiger partial charge in [0.2, 0.25) is 0 Å². The molecule has 0 saturated heterocycles. The largest absolute Gasteiger partial charge is 0.450 e. The summed E-state index contributed by atoms with van der Waals surface area (Å²) < 4.78 is 9.56. The minimum atomic E-state index is -0.709. The topological polar surface area (TPSA) is 51.2 Å². The van der Waals surface area contributed by atoms with Crippen LogP contribution in [0.15, 0.2) is 24.1 Å². The van der Waals surface area contributed by atoms with Gasteiger partial charge < -0.3 is 9.52 Å². The molecule has 0 aromatic carbocycles. The van der Waals surface area contributed by atoms with Gasteiger partial charge in [-0.2, -0.15) is 5.10 Å². The SMILES string of the molecule is CCc1nn(C)c(CC(O)c2cc(Br)c(Br)o2)c1Br. The Labute approximate surface area is 136 Å². The van der Waals surface area contributed by atoms with Crippen LogP contribution in [0, 0.1) is 0 Å². The number of furan rings is 1. The van der Waals surface area contributed by atoms with Gasteiger partial charge in [-0.25, -0.2) is 0 Å². The summed E-state index contributed by atoms with van der Waals surface area (Å²) in [6, 6.07) is 1.76. The molecule has 4 nitrogen and oxygen atoms in total. The molecule has 2 rings (SSSR count). The van der Waals surface area contributed by atoms with Crippen molar-refractivity contribution in [3.8, 4) is 0 Å². The highest BCUT2D eigenvalue weighted by Crippen LogP contribution is 2.32. The third kappa shape index (κ3) is 3.15. The molecule has 2 aromatic rings. The quantitative estimate of drug-likeness (QED) is 0.752. The zero-order valence-corrected chi connectivity index (χ0v) is 15.2. The van der Waals surface area contributed by atoms with Crippen LogP contribution in [0.25, 0.3) is 0 Å². The lowest BCUT2D eigenvalue weighted by Gasteiger charge is -2.08. The van der Waals surface area contributed by atoms with Crippen LogP contribution in [0.4, 0.5) is 0 Å². The summed E-state index contributed by atoms with van der Waals surface area (Å²) in [4.78, 5) is 0. The van der Waals surface area contributed by atoms with E-state index in [0.29, 0.717) is 16.9 Å². The average Bonchev–Trinajstić information content (AvgIpc) is 2.84. The van der Waals surface area contributed by atoms with Crippen molar-refractivity contribution in [2.75, 3.05) is 0 Å². The van der Waals surface area contributed by atoms with Crippen LogP contribution in [0.2, 0.25) is 0 Å². The molecule has 0 aliphatic carbocycles. The van der Waals surface area contributed by atoms with Gasteiger partial charge in [-0.3, -0.25) is 4.68 Å². The molecular formula is C12H13Br3N2O2. The summed E-state index contributed by atoms with van der Waals surface area (Å²) in [6.07, 6.45) is 0.581. The first kappa shape index (κ1) is 15.3. The van der Waals surface area contributed by atoms with E-state index in [2.05, 4.69) is 52.9 Å². The number of aryl methyl sites for hydroxylation is 2. The summed E-state index contributed by atoms with van der Waals surface area (Å²) >= 11 is 10.1. The minimum Gasteiger partial charge on any atom is -0.450 e. The summed E-state index contributed by atoms with van der Waals surface area (Å²) in [5.74, 6) is 0.518. The molecule has 0 spiro atoms. The molecule has 0 fully saturated rings.